The number of amides is 1. The summed E-state index contributed by atoms with van der Waals surface area (Å²) in [4.78, 5) is 33.6. The summed E-state index contributed by atoms with van der Waals surface area (Å²) in [7, 11) is 3.04. The Hall–Kier alpha value is -2.74. The van der Waals surface area contributed by atoms with E-state index in [1.165, 1.54) is 18.9 Å². The number of furan rings is 1. The van der Waals surface area contributed by atoms with E-state index < -0.39 is 5.97 Å². The Balaban J connectivity index is 1.56. The average molecular weight is 401 g/mol. The van der Waals surface area contributed by atoms with Crippen LogP contribution in [0, 0.1) is 6.92 Å². The molecule has 8 heteroatoms. The van der Waals surface area contributed by atoms with Crippen molar-refractivity contribution in [2.75, 3.05) is 19.9 Å². The van der Waals surface area contributed by atoms with Crippen LogP contribution in [0.5, 0.6) is 0 Å². The van der Waals surface area contributed by atoms with E-state index in [1.807, 2.05) is 31.2 Å². The molecule has 7 nitrogen and oxygen atoms in total. The second kappa shape index (κ2) is 8.52. The Morgan fingerprint density at radius 3 is 2.82 bits per heavy atom. The quantitative estimate of drug-likeness (QED) is 0.607. The molecule has 1 unspecified atom stereocenters. The second-order valence-electron chi connectivity index (χ2n) is 6.52. The summed E-state index contributed by atoms with van der Waals surface area (Å²) in [5.41, 5.74) is 2.29. The molecule has 1 aromatic carbocycles. The van der Waals surface area contributed by atoms with Crippen molar-refractivity contribution in [3.63, 3.8) is 0 Å². The smallest absolute Gasteiger partial charge is 0.341 e. The van der Waals surface area contributed by atoms with Crippen molar-refractivity contribution in [1.29, 1.82) is 0 Å². The zero-order valence-electron chi connectivity index (χ0n) is 16.3. The summed E-state index contributed by atoms with van der Waals surface area (Å²) in [6, 6.07) is 9.47. The standard InChI is InChI=1S/C20H23N3O4S/c1-12-15(20(25)26-4)9-14(27-12)10-23(3)18(24)11-28-13(2)19-21-16-7-5-6-8-17(16)22-19/h5-9,13H,10-11H2,1-4H3,(H,21,22). The molecule has 0 fully saturated rings. The molecule has 0 radical (unpaired) electrons. The van der Waals surface area contributed by atoms with Crippen LogP contribution in [0.3, 0.4) is 0 Å². The monoisotopic (exact) mass is 401 g/mol. The van der Waals surface area contributed by atoms with Gasteiger partial charge in [0.2, 0.25) is 5.91 Å². The van der Waals surface area contributed by atoms with Crippen LogP contribution >= 0.6 is 11.8 Å². The maximum Gasteiger partial charge on any atom is 0.341 e. The molecule has 2 aromatic heterocycles. The molecule has 1 amide bonds. The fourth-order valence-electron chi connectivity index (χ4n) is 2.81. The molecule has 1 N–H and O–H groups in total. The summed E-state index contributed by atoms with van der Waals surface area (Å²) in [5, 5.41) is 0.0570. The van der Waals surface area contributed by atoms with Crippen LogP contribution in [0.1, 0.15) is 39.9 Å². The number of esters is 1. The molecule has 1 atom stereocenters. The number of nitrogens with zero attached hydrogens (tertiary/aromatic N) is 2. The molecular formula is C20H23N3O4S. The van der Waals surface area contributed by atoms with E-state index in [1.54, 1.807) is 24.9 Å². The lowest BCUT2D eigenvalue weighted by Gasteiger charge is -2.16. The van der Waals surface area contributed by atoms with Crippen molar-refractivity contribution in [2.24, 2.45) is 0 Å². The van der Waals surface area contributed by atoms with Crippen LogP contribution in [-0.2, 0) is 16.1 Å². The number of hydrogen-bond donors (Lipinski definition) is 1. The lowest BCUT2D eigenvalue weighted by atomic mass is 10.2. The van der Waals surface area contributed by atoms with Gasteiger partial charge in [0.05, 0.1) is 35.7 Å². The van der Waals surface area contributed by atoms with Gasteiger partial charge in [-0.05, 0) is 32.0 Å². The number of aromatic nitrogens is 2. The number of methoxy groups -OCH3 is 1. The van der Waals surface area contributed by atoms with E-state index >= 15 is 0 Å². The van der Waals surface area contributed by atoms with E-state index in [0.29, 0.717) is 22.8 Å². The maximum absolute atomic E-state index is 12.5. The number of hydrogen-bond acceptors (Lipinski definition) is 6. The Bertz CT molecular complexity index is 961. The Labute approximate surface area is 167 Å². The van der Waals surface area contributed by atoms with Gasteiger partial charge >= 0.3 is 5.97 Å². The lowest BCUT2D eigenvalue weighted by Crippen LogP contribution is -2.27. The van der Waals surface area contributed by atoms with E-state index in [9.17, 15) is 9.59 Å². The number of aryl methyl sites for hydroxylation is 1. The molecular weight excluding hydrogens is 378 g/mol. The number of imidazole rings is 1. The van der Waals surface area contributed by atoms with Gasteiger partial charge in [0.15, 0.2) is 0 Å². The van der Waals surface area contributed by atoms with Gasteiger partial charge < -0.3 is 19.0 Å². The summed E-state index contributed by atoms with van der Waals surface area (Å²) in [5.74, 6) is 1.72. The highest BCUT2D eigenvalue weighted by atomic mass is 32.2. The largest absolute Gasteiger partial charge is 0.465 e. The number of thioether (sulfide) groups is 1. The van der Waals surface area contributed by atoms with Gasteiger partial charge in [-0.25, -0.2) is 9.78 Å². The normalized spacial score (nSPS) is 12.1. The van der Waals surface area contributed by atoms with Crippen LogP contribution < -0.4 is 0 Å². The molecule has 0 aliphatic rings. The van der Waals surface area contributed by atoms with Crippen molar-refractivity contribution in [2.45, 2.75) is 25.6 Å². The van der Waals surface area contributed by atoms with E-state index in [4.69, 9.17) is 9.15 Å². The highest BCUT2D eigenvalue weighted by Gasteiger charge is 2.19. The van der Waals surface area contributed by atoms with Gasteiger partial charge in [-0.3, -0.25) is 4.79 Å². The molecule has 2 heterocycles. The number of carbonyl (C=O) groups excluding carboxylic acids is 2. The number of rotatable bonds is 7. The number of para-hydroxylation sites is 2. The first-order valence-corrected chi connectivity index (χ1v) is 9.91. The van der Waals surface area contributed by atoms with Crippen LogP contribution in [0.2, 0.25) is 0 Å². The Kier molecular flexibility index (Phi) is 6.08. The van der Waals surface area contributed by atoms with Gasteiger partial charge in [0, 0.05) is 7.05 Å². The molecule has 0 saturated heterocycles. The maximum atomic E-state index is 12.5. The van der Waals surface area contributed by atoms with Gasteiger partial charge in [-0.15, -0.1) is 11.8 Å². The molecule has 0 saturated carbocycles. The van der Waals surface area contributed by atoms with Crippen LogP contribution in [0.15, 0.2) is 34.7 Å². The van der Waals surface area contributed by atoms with E-state index in [2.05, 4.69) is 9.97 Å². The number of ether oxygens (including phenoxy) is 1. The summed E-state index contributed by atoms with van der Waals surface area (Å²) < 4.78 is 10.3. The fourth-order valence-corrected chi connectivity index (χ4v) is 3.69. The van der Waals surface area contributed by atoms with Crippen molar-refractivity contribution in [3.05, 3.63) is 53.2 Å². The van der Waals surface area contributed by atoms with Gasteiger partial charge in [-0.1, -0.05) is 12.1 Å². The molecule has 3 aromatic rings. The van der Waals surface area contributed by atoms with Crippen molar-refractivity contribution in [3.8, 4) is 0 Å². The molecule has 0 spiro atoms. The number of carbonyl (C=O) groups is 2. The zero-order chi connectivity index (χ0) is 20.3. The minimum atomic E-state index is -0.448. The summed E-state index contributed by atoms with van der Waals surface area (Å²) in [6.07, 6.45) is 0. The van der Waals surface area contributed by atoms with Crippen molar-refractivity contribution < 1.29 is 18.7 Å². The fraction of sp³-hybridized carbons (Fsp3) is 0.350. The topological polar surface area (TPSA) is 88.4 Å². The third-order valence-electron chi connectivity index (χ3n) is 4.44. The molecule has 148 valence electrons. The summed E-state index contributed by atoms with van der Waals surface area (Å²) >= 11 is 1.52. The number of aromatic amines is 1. The van der Waals surface area contributed by atoms with Crippen LogP contribution in [0.25, 0.3) is 11.0 Å². The third-order valence-corrected chi connectivity index (χ3v) is 5.58. The second-order valence-corrected chi connectivity index (χ2v) is 7.85. The minimum Gasteiger partial charge on any atom is -0.465 e. The zero-order valence-corrected chi connectivity index (χ0v) is 17.1. The molecule has 0 aliphatic carbocycles. The Morgan fingerprint density at radius 1 is 1.36 bits per heavy atom. The highest BCUT2D eigenvalue weighted by molar-refractivity contribution is 8.00. The van der Waals surface area contributed by atoms with Gasteiger partial charge in [0.1, 0.15) is 22.9 Å². The van der Waals surface area contributed by atoms with Crippen molar-refractivity contribution >= 4 is 34.7 Å². The third kappa shape index (κ3) is 4.39. The molecule has 0 aliphatic heterocycles. The first kappa shape index (κ1) is 20.0. The first-order chi connectivity index (χ1) is 13.4. The van der Waals surface area contributed by atoms with Gasteiger partial charge in [0.25, 0.3) is 0 Å². The van der Waals surface area contributed by atoms with Crippen LogP contribution in [0.4, 0.5) is 0 Å². The van der Waals surface area contributed by atoms with Crippen LogP contribution in [-0.4, -0.2) is 46.7 Å². The molecule has 28 heavy (non-hydrogen) atoms. The minimum absolute atomic E-state index is 0.0263. The van der Waals surface area contributed by atoms with E-state index in [0.717, 1.165) is 16.9 Å². The average Bonchev–Trinajstić information content (AvgIpc) is 3.28. The SMILES string of the molecule is COC(=O)c1cc(CN(C)C(=O)CSC(C)c2nc3ccccc3[nH]2)oc1C. The van der Waals surface area contributed by atoms with Gasteiger partial charge in [-0.2, -0.15) is 0 Å². The summed E-state index contributed by atoms with van der Waals surface area (Å²) in [6.45, 7) is 4.01. The number of fused-ring (bicyclic) bond motifs is 1. The number of nitrogens with one attached hydrogen (secondary N) is 1. The lowest BCUT2D eigenvalue weighted by molar-refractivity contribution is -0.127. The predicted octanol–water partition coefficient (Wildman–Crippen LogP) is 3.70. The van der Waals surface area contributed by atoms with Crippen molar-refractivity contribution in [1.82, 2.24) is 14.9 Å². The van der Waals surface area contributed by atoms with E-state index in [-0.39, 0.29) is 17.7 Å². The Morgan fingerprint density at radius 2 is 2.11 bits per heavy atom. The number of benzene rings is 1. The predicted molar refractivity (Wildman–Crippen MR) is 108 cm³/mol. The molecule has 3 rings (SSSR count). The molecule has 0 bridgehead atoms. The first-order valence-electron chi connectivity index (χ1n) is 8.87. The highest BCUT2D eigenvalue weighted by Crippen LogP contribution is 2.28. The number of H-pyrrole nitrogens is 1.